The zero-order chi connectivity index (χ0) is 23.0. The van der Waals surface area contributed by atoms with Crippen LogP contribution in [-0.4, -0.2) is 21.2 Å². The fraction of sp³-hybridized carbons (Fsp3) is 0.217. The lowest BCUT2D eigenvalue weighted by molar-refractivity contribution is -0.0500. The highest BCUT2D eigenvalue weighted by Gasteiger charge is 2.48. The summed E-state index contributed by atoms with van der Waals surface area (Å²) in [6.07, 6.45) is 0. The molecule has 0 atom stereocenters. The first-order valence-corrected chi connectivity index (χ1v) is 11.1. The van der Waals surface area contributed by atoms with Crippen molar-refractivity contribution in [3.05, 3.63) is 76.9 Å². The van der Waals surface area contributed by atoms with Gasteiger partial charge in [-0.1, -0.05) is 75.6 Å². The second-order valence-electron chi connectivity index (χ2n) is 7.65. The van der Waals surface area contributed by atoms with Crippen LogP contribution in [0.25, 0.3) is 11.1 Å². The second-order valence-corrected chi connectivity index (χ2v) is 9.19. The third kappa shape index (κ3) is 4.96. The van der Waals surface area contributed by atoms with Crippen LogP contribution in [-0.2, 0) is 10.1 Å². The summed E-state index contributed by atoms with van der Waals surface area (Å²) in [6.45, 7) is 7.54. The van der Waals surface area contributed by atoms with Gasteiger partial charge in [0.2, 0.25) is 0 Å². The predicted molar refractivity (Wildman–Crippen MR) is 119 cm³/mol. The third-order valence-corrected chi connectivity index (χ3v) is 6.29. The van der Waals surface area contributed by atoms with Crippen molar-refractivity contribution in [1.29, 1.82) is 0 Å². The fourth-order valence-electron chi connectivity index (χ4n) is 3.70. The standard InChI is InChI=1S/C23H22BF3O3S/c1-14-10-19(18-8-6-5-7-9-18)11-15(2)21(14)24-22-16(3)12-20(13-17(22)4)30-31(28,29)23(25,26)27/h5-13,24H,1-4H3. The van der Waals surface area contributed by atoms with Gasteiger partial charge in [0.25, 0.3) is 0 Å². The van der Waals surface area contributed by atoms with E-state index in [1.165, 1.54) is 12.1 Å². The van der Waals surface area contributed by atoms with E-state index >= 15 is 0 Å². The predicted octanol–water partition coefficient (Wildman–Crippen LogP) is 4.20. The quantitative estimate of drug-likeness (QED) is 0.335. The number of hydrogen-bond acceptors (Lipinski definition) is 3. The Morgan fingerprint density at radius 2 is 1.19 bits per heavy atom. The number of halogens is 3. The Bertz CT molecular complexity index is 1170. The van der Waals surface area contributed by atoms with Crippen LogP contribution in [0.5, 0.6) is 5.75 Å². The van der Waals surface area contributed by atoms with Crippen molar-refractivity contribution < 1.29 is 25.8 Å². The maximum absolute atomic E-state index is 12.6. The topological polar surface area (TPSA) is 43.4 Å². The molecule has 0 aromatic heterocycles. The maximum Gasteiger partial charge on any atom is 0.534 e. The van der Waals surface area contributed by atoms with Crippen molar-refractivity contribution in [2.24, 2.45) is 0 Å². The molecule has 3 aromatic rings. The van der Waals surface area contributed by atoms with Gasteiger partial charge in [-0.2, -0.15) is 21.6 Å². The minimum atomic E-state index is -5.70. The number of aryl methyl sites for hydroxylation is 4. The molecule has 3 nitrogen and oxygen atoms in total. The molecule has 0 saturated carbocycles. The van der Waals surface area contributed by atoms with Gasteiger partial charge in [0, 0.05) is 0 Å². The van der Waals surface area contributed by atoms with E-state index in [-0.39, 0.29) is 5.75 Å². The molecule has 0 saturated heterocycles. The molecule has 3 rings (SSSR count). The number of rotatable bonds is 5. The molecule has 8 heteroatoms. The Labute approximate surface area is 181 Å². The van der Waals surface area contributed by atoms with Gasteiger partial charge in [0.05, 0.1) is 0 Å². The molecular weight excluding hydrogens is 424 g/mol. The summed E-state index contributed by atoms with van der Waals surface area (Å²) in [4.78, 5) is 0. The van der Waals surface area contributed by atoms with Gasteiger partial charge in [-0.15, -0.1) is 0 Å². The van der Waals surface area contributed by atoms with Gasteiger partial charge in [-0.3, -0.25) is 0 Å². The van der Waals surface area contributed by atoms with Crippen molar-refractivity contribution in [3.8, 4) is 16.9 Å². The Morgan fingerprint density at radius 1 is 0.742 bits per heavy atom. The first-order valence-electron chi connectivity index (χ1n) is 9.65. The highest BCUT2D eigenvalue weighted by molar-refractivity contribution is 7.88. The zero-order valence-electron chi connectivity index (χ0n) is 17.7. The number of alkyl halides is 3. The molecule has 0 aliphatic heterocycles. The summed E-state index contributed by atoms with van der Waals surface area (Å²) in [6, 6.07) is 16.9. The average Bonchev–Trinajstić information content (AvgIpc) is 2.65. The van der Waals surface area contributed by atoms with E-state index in [1.54, 1.807) is 13.8 Å². The van der Waals surface area contributed by atoms with Crippen LogP contribution >= 0.6 is 0 Å². The van der Waals surface area contributed by atoms with Crippen LogP contribution in [0.15, 0.2) is 54.6 Å². The molecule has 31 heavy (non-hydrogen) atoms. The molecule has 0 bridgehead atoms. The molecule has 0 unspecified atom stereocenters. The molecule has 0 aliphatic carbocycles. The molecule has 0 amide bonds. The Morgan fingerprint density at radius 3 is 1.65 bits per heavy atom. The monoisotopic (exact) mass is 446 g/mol. The van der Waals surface area contributed by atoms with E-state index in [4.69, 9.17) is 0 Å². The fourth-order valence-corrected chi connectivity index (χ4v) is 4.14. The van der Waals surface area contributed by atoms with Gasteiger partial charge in [0.15, 0.2) is 7.28 Å². The lowest BCUT2D eigenvalue weighted by Gasteiger charge is -2.17. The van der Waals surface area contributed by atoms with Gasteiger partial charge in [-0.05, 0) is 51.0 Å². The van der Waals surface area contributed by atoms with Crippen LogP contribution in [0.2, 0.25) is 0 Å². The molecule has 0 aliphatic rings. The van der Waals surface area contributed by atoms with Crippen LogP contribution in [0.4, 0.5) is 13.2 Å². The normalized spacial score (nSPS) is 12.0. The third-order valence-electron chi connectivity index (χ3n) is 5.32. The van der Waals surface area contributed by atoms with Gasteiger partial charge in [-0.25, -0.2) is 0 Å². The molecule has 0 radical (unpaired) electrons. The van der Waals surface area contributed by atoms with E-state index in [9.17, 15) is 21.6 Å². The molecule has 162 valence electrons. The summed E-state index contributed by atoms with van der Waals surface area (Å²) >= 11 is 0. The van der Waals surface area contributed by atoms with Crippen LogP contribution < -0.4 is 15.1 Å². The van der Waals surface area contributed by atoms with Gasteiger partial charge < -0.3 is 4.18 Å². The summed E-state index contributed by atoms with van der Waals surface area (Å²) in [5, 5.41) is 0. The van der Waals surface area contributed by atoms with Gasteiger partial charge in [0.1, 0.15) is 5.75 Å². The number of hydrogen-bond donors (Lipinski definition) is 0. The smallest absolute Gasteiger partial charge is 0.376 e. The first-order chi connectivity index (χ1) is 14.4. The minimum absolute atomic E-state index is 0.344. The minimum Gasteiger partial charge on any atom is -0.376 e. The Hall–Kier alpha value is -2.74. The van der Waals surface area contributed by atoms with Crippen molar-refractivity contribution in [2.75, 3.05) is 0 Å². The summed E-state index contributed by atoms with van der Waals surface area (Å²) in [5.74, 6) is -0.344. The average molecular weight is 446 g/mol. The molecule has 0 fully saturated rings. The Kier molecular flexibility index (Phi) is 6.23. The number of benzene rings is 3. The van der Waals surface area contributed by atoms with E-state index in [2.05, 4.69) is 28.4 Å². The summed E-state index contributed by atoms with van der Waals surface area (Å²) in [5.41, 5.74) is 2.38. The largest absolute Gasteiger partial charge is 0.534 e. The molecule has 3 aromatic carbocycles. The van der Waals surface area contributed by atoms with E-state index < -0.39 is 15.6 Å². The molecule has 0 heterocycles. The molecule has 0 spiro atoms. The van der Waals surface area contributed by atoms with Crippen LogP contribution in [0.3, 0.4) is 0 Å². The molecular formula is C23H22BF3O3S. The van der Waals surface area contributed by atoms with E-state index in [1.807, 2.05) is 32.0 Å². The van der Waals surface area contributed by atoms with Crippen molar-refractivity contribution in [2.45, 2.75) is 33.2 Å². The lowest BCUT2D eigenvalue weighted by Crippen LogP contribution is -2.35. The second kappa shape index (κ2) is 8.42. The SMILES string of the molecule is Cc1cc(OS(=O)(=O)C(F)(F)F)cc(C)c1Bc1c(C)cc(-c2ccccc2)cc1C. The van der Waals surface area contributed by atoms with Crippen LogP contribution in [0, 0.1) is 27.7 Å². The lowest BCUT2D eigenvalue weighted by atomic mass is 9.58. The molecule has 0 N–H and O–H groups in total. The van der Waals surface area contributed by atoms with Crippen LogP contribution in [0.1, 0.15) is 22.3 Å². The van der Waals surface area contributed by atoms with Crippen molar-refractivity contribution in [1.82, 2.24) is 0 Å². The van der Waals surface area contributed by atoms with E-state index in [0.717, 1.165) is 33.2 Å². The maximum atomic E-state index is 12.6. The van der Waals surface area contributed by atoms with E-state index in [0.29, 0.717) is 18.4 Å². The zero-order valence-corrected chi connectivity index (χ0v) is 18.5. The highest BCUT2D eigenvalue weighted by Crippen LogP contribution is 2.27. The highest BCUT2D eigenvalue weighted by atomic mass is 32.2. The summed E-state index contributed by atoms with van der Waals surface area (Å²) in [7, 11) is -5.12. The van der Waals surface area contributed by atoms with Gasteiger partial charge >= 0.3 is 15.6 Å². The summed E-state index contributed by atoms with van der Waals surface area (Å²) < 4.78 is 64.8. The van der Waals surface area contributed by atoms with Crippen molar-refractivity contribution >= 4 is 28.3 Å². The van der Waals surface area contributed by atoms with Crippen molar-refractivity contribution in [3.63, 3.8) is 0 Å². The first kappa shape index (κ1) is 22.9. The Balaban J connectivity index is 1.93.